The van der Waals surface area contributed by atoms with Gasteiger partial charge in [0.25, 0.3) is 0 Å². The molecule has 1 heterocycles. The lowest BCUT2D eigenvalue weighted by Gasteiger charge is -2.03. The number of hydrogen-bond donors (Lipinski definition) is 1. The highest BCUT2D eigenvalue weighted by Gasteiger charge is 2.02. The van der Waals surface area contributed by atoms with E-state index >= 15 is 0 Å². The zero-order valence-electron chi connectivity index (χ0n) is 10.2. The Hall–Kier alpha value is -0.350. The number of aryl methyl sites for hydroxylation is 1. The molecule has 0 aliphatic carbocycles. The van der Waals surface area contributed by atoms with Crippen molar-refractivity contribution in [1.82, 2.24) is 5.32 Å². The van der Waals surface area contributed by atoms with Gasteiger partial charge in [-0.25, -0.2) is 0 Å². The molecule has 0 saturated carbocycles. The van der Waals surface area contributed by atoms with E-state index in [0.717, 1.165) is 24.5 Å². The van der Waals surface area contributed by atoms with Crippen LogP contribution in [0.25, 0.3) is 0 Å². The minimum absolute atomic E-state index is 0.797. The molecule has 0 saturated heterocycles. The van der Waals surface area contributed by atoms with E-state index in [4.69, 9.17) is 11.6 Å². The molecule has 0 radical (unpaired) electrons. The van der Waals surface area contributed by atoms with Crippen molar-refractivity contribution in [2.24, 2.45) is 0 Å². The van der Waals surface area contributed by atoms with Crippen LogP contribution in [0.3, 0.4) is 0 Å². The largest absolute Gasteiger partial charge is 0.312 e. The summed E-state index contributed by atoms with van der Waals surface area (Å²) in [5, 5.41) is 4.26. The Bertz CT molecular complexity index is 488. The summed E-state index contributed by atoms with van der Waals surface area (Å²) in [6, 6.07) is 10.2. The predicted octanol–water partition coefficient (Wildman–Crippen LogP) is 4.80. The fourth-order valence-corrected chi connectivity index (χ4v) is 3.40. The Kier molecular flexibility index (Phi) is 5.25. The summed E-state index contributed by atoms with van der Waals surface area (Å²) >= 11 is 11.2. The van der Waals surface area contributed by atoms with Crippen LogP contribution in [-0.4, -0.2) is 6.54 Å². The van der Waals surface area contributed by atoms with E-state index in [9.17, 15) is 0 Å². The van der Waals surface area contributed by atoms with Gasteiger partial charge in [0.2, 0.25) is 0 Å². The van der Waals surface area contributed by atoms with Gasteiger partial charge in [-0.15, -0.1) is 11.3 Å². The van der Waals surface area contributed by atoms with Gasteiger partial charge < -0.3 is 5.32 Å². The highest BCUT2D eigenvalue weighted by Crippen LogP contribution is 2.26. The Labute approximate surface area is 125 Å². The second-order valence-electron chi connectivity index (χ2n) is 4.17. The van der Waals surface area contributed by atoms with Crippen molar-refractivity contribution >= 4 is 38.9 Å². The number of hydrogen-bond acceptors (Lipinski definition) is 2. The highest BCUT2D eigenvalue weighted by molar-refractivity contribution is 9.10. The van der Waals surface area contributed by atoms with E-state index in [2.05, 4.69) is 46.4 Å². The average molecular weight is 345 g/mol. The monoisotopic (exact) mass is 343 g/mol. The lowest BCUT2D eigenvalue weighted by atomic mass is 10.1. The van der Waals surface area contributed by atoms with Crippen LogP contribution in [0, 0.1) is 6.92 Å². The van der Waals surface area contributed by atoms with Crippen LogP contribution in [0.4, 0.5) is 0 Å². The Morgan fingerprint density at radius 1 is 1.28 bits per heavy atom. The maximum absolute atomic E-state index is 5.85. The van der Waals surface area contributed by atoms with Crippen molar-refractivity contribution in [3.05, 3.63) is 55.1 Å². The first-order chi connectivity index (χ1) is 8.65. The molecule has 0 bridgehead atoms. The summed E-state index contributed by atoms with van der Waals surface area (Å²) in [6.45, 7) is 4.05. The summed E-state index contributed by atoms with van der Waals surface area (Å²) in [6.07, 6.45) is 1.03. The van der Waals surface area contributed by atoms with Crippen molar-refractivity contribution in [3.8, 4) is 0 Å². The first-order valence-corrected chi connectivity index (χ1v) is 7.84. The van der Waals surface area contributed by atoms with Gasteiger partial charge in [0.1, 0.15) is 0 Å². The Morgan fingerprint density at radius 2 is 2.00 bits per heavy atom. The van der Waals surface area contributed by atoms with E-state index in [1.54, 1.807) is 0 Å². The van der Waals surface area contributed by atoms with E-state index in [1.165, 1.54) is 19.8 Å². The van der Waals surface area contributed by atoms with Crippen LogP contribution in [0.15, 0.2) is 34.8 Å². The molecule has 1 aromatic heterocycles. The summed E-state index contributed by atoms with van der Waals surface area (Å²) in [7, 11) is 0. The molecule has 96 valence electrons. The van der Waals surface area contributed by atoms with Gasteiger partial charge in [-0.2, -0.15) is 0 Å². The number of rotatable bonds is 5. The van der Waals surface area contributed by atoms with Crippen LogP contribution in [-0.2, 0) is 13.0 Å². The lowest BCUT2D eigenvalue weighted by molar-refractivity contribution is 0.693. The topological polar surface area (TPSA) is 12.0 Å². The molecule has 2 aromatic rings. The summed E-state index contributed by atoms with van der Waals surface area (Å²) in [4.78, 5) is 2.71. The van der Waals surface area contributed by atoms with Crippen LogP contribution in [0.1, 0.15) is 15.3 Å². The SMILES string of the molecule is Cc1sc(CNCCc2ccc(Cl)cc2)cc1Br. The highest BCUT2D eigenvalue weighted by atomic mass is 79.9. The first-order valence-electron chi connectivity index (χ1n) is 5.85. The van der Waals surface area contributed by atoms with E-state index in [0.29, 0.717) is 0 Å². The molecule has 2 rings (SSSR count). The van der Waals surface area contributed by atoms with Gasteiger partial charge in [-0.1, -0.05) is 23.7 Å². The van der Waals surface area contributed by atoms with Crippen molar-refractivity contribution in [1.29, 1.82) is 0 Å². The van der Waals surface area contributed by atoms with Gasteiger partial charge in [-0.05, 0) is 59.6 Å². The summed E-state index contributed by atoms with van der Waals surface area (Å²) in [5.41, 5.74) is 1.32. The molecular formula is C14H15BrClNS. The van der Waals surface area contributed by atoms with Crippen molar-refractivity contribution in [2.75, 3.05) is 6.54 Å². The van der Waals surface area contributed by atoms with Gasteiger partial charge >= 0.3 is 0 Å². The molecule has 18 heavy (non-hydrogen) atoms. The van der Waals surface area contributed by atoms with Crippen molar-refractivity contribution in [2.45, 2.75) is 19.9 Å². The van der Waals surface area contributed by atoms with Gasteiger partial charge in [0, 0.05) is 25.8 Å². The number of benzene rings is 1. The second-order valence-corrected chi connectivity index (χ2v) is 6.80. The summed E-state index contributed by atoms with van der Waals surface area (Å²) < 4.78 is 1.21. The number of thiophene rings is 1. The molecule has 0 amide bonds. The third kappa shape index (κ3) is 4.09. The fraction of sp³-hybridized carbons (Fsp3) is 0.286. The standard InChI is InChI=1S/C14H15BrClNS/c1-10-14(15)8-13(18-10)9-17-7-6-11-2-4-12(16)5-3-11/h2-5,8,17H,6-7,9H2,1H3. The minimum atomic E-state index is 0.797. The van der Waals surface area contributed by atoms with Crippen LogP contribution >= 0.6 is 38.9 Å². The van der Waals surface area contributed by atoms with Gasteiger partial charge in [0.05, 0.1) is 0 Å². The molecule has 0 unspecified atom stereocenters. The maximum atomic E-state index is 5.85. The normalized spacial score (nSPS) is 10.8. The van der Waals surface area contributed by atoms with E-state index < -0.39 is 0 Å². The van der Waals surface area contributed by atoms with Gasteiger partial charge in [0.15, 0.2) is 0 Å². The quantitative estimate of drug-likeness (QED) is 0.768. The third-order valence-electron chi connectivity index (χ3n) is 2.71. The number of halogens is 2. The fourth-order valence-electron chi connectivity index (χ4n) is 1.70. The lowest BCUT2D eigenvalue weighted by Crippen LogP contribution is -2.15. The first kappa shape index (κ1) is 14.1. The maximum Gasteiger partial charge on any atom is 0.0406 e. The van der Waals surface area contributed by atoms with Crippen molar-refractivity contribution in [3.63, 3.8) is 0 Å². The molecule has 0 atom stereocenters. The Balaban J connectivity index is 1.74. The molecule has 0 spiro atoms. The molecular weight excluding hydrogens is 330 g/mol. The molecule has 4 heteroatoms. The third-order valence-corrected chi connectivity index (χ3v) is 5.10. The van der Waals surface area contributed by atoms with E-state index in [1.807, 2.05) is 23.5 Å². The zero-order chi connectivity index (χ0) is 13.0. The molecule has 0 aliphatic heterocycles. The Morgan fingerprint density at radius 3 is 2.61 bits per heavy atom. The average Bonchev–Trinajstić information content (AvgIpc) is 2.67. The van der Waals surface area contributed by atoms with Crippen LogP contribution in [0.5, 0.6) is 0 Å². The van der Waals surface area contributed by atoms with Crippen LogP contribution < -0.4 is 5.32 Å². The summed E-state index contributed by atoms with van der Waals surface area (Å²) in [5.74, 6) is 0. The van der Waals surface area contributed by atoms with E-state index in [-0.39, 0.29) is 0 Å². The zero-order valence-corrected chi connectivity index (χ0v) is 13.3. The second kappa shape index (κ2) is 6.71. The molecule has 0 aliphatic rings. The molecule has 1 nitrogen and oxygen atoms in total. The van der Waals surface area contributed by atoms with Crippen LogP contribution in [0.2, 0.25) is 5.02 Å². The predicted molar refractivity (Wildman–Crippen MR) is 83.6 cm³/mol. The number of nitrogens with one attached hydrogen (secondary N) is 1. The molecule has 1 N–H and O–H groups in total. The van der Waals surface area contributed by atoms with Crippen molar-refractivity contribution < 1.29 is 0 Å². The van der Waals surface area contributed by atoms with Gasteiger partial charge in [-0.3, -0.25) is 0 Å². The molecule has 1 aromatic carbocycles. The minimum Gasteiger partial charge on any atom is -0.312 e. The molecule has 0 fully saturated rings. The smallest absolute Gasteiger partial charge is 0.0406 e.